The van der Waals surface area contributed by atoms with Crippen molar-refractivity contribution in [3.63, 3.8) is 0 Å². The number of nitrogens with one attached hydrogen (secondary N) is 2. The van der Waals surface area contributed by atoms with E-state index in [-0.39, 0.29) is 11.8 Å². The standard InChI is InChI=1S/C18H26N2O2/c1-18(2,3)17(22)20-15-11-9-13(10-12-15)16(21)19-14-7-5-4-6-8-14/h9-12,14H,4-8H2,1-3H3,(H,19,21)(H,20,22). The van der Waals surface area contributed by atoms with Crippen molar-refractivity contribution >= 4 is 17.5 Å². The van der Waals surface area contributed by atoms with Crippen LogP contribution < -0.4 is 10.6 Å². The van der Waals surface area contributed by atoms with Crippen molar-refractivity contribution in [1.29, 1.82) is 0 Å². The zero-order chi connectivity index (χ0) is 16.2. The van der Waals surface area contributed by atoms with Crippen LogP contribution in [0.1, 0.15) is 63.2 Å². The van der Waals surface area contributed by atoms with Crippen molar-refractivity contribution in [2.45, 2.75) is 58.9 Å². The highest BCUT2D eigenvalue weighted by Gasteiger charge is 2.21. The monoisotopic (exact) mass is 302 g/mol. The van der Waals surface area contributed by atoms with Gasteiger partial charge in [-0.3, -0.25) is 9.59 Å². The number of anilines is 1. The molecular formula is C18H26N2O2. The second-order valence-electron chi connectivity index (χ2n) is 7.09. The van der Waals surface area contributed by atoms with Gasteiger partial charge in [-0.25, -0.2) is 0 Å². The van der Waals surface area contributed by atoms with Crippen LogP contribution in [0, 0.1) is 5.41 Å². The molecule has 0 unspecified atom stereocenters. The van der Waals surface area contributed by atoms with Crippen LogP contribution >= 0.6 is 0 Å². The number of hydrogen-bond acceptors (Lipinski definition) is 2. The smallest absolute Gasteiger partial charge is 0.251 e. The van der Waals surface area contributed by atoms with Crippen molar-refractivity contribution < 1.29 is 9.59 Å². The first-order valence-electron chi connectivity index (χ1n) is 8.08. The molecule has 0 saturated heterocycles. The summed E-state index contributed by atoms with van der Waals surface area (Å²) in [5.41, 5.74) is 0.922. The van der Waals surface area contributed by atoms with Crippen LogP contribution in [0.2, 0.25) is 0 Å². The summed E-state index contributed by atoms with van der Waals surface area (Å²) in [6.07, 6.45) is 5.82. The highest BCUT2D eigenvalue weighted by Crippen LogP contribution is 2.19. The van der Waals surface area contributed by atoms with Gasteiger partial charge >= 0.3 is 0 Å². The second-order valence-corrected chi connectivity index (χ2v) is 7.09. The molecule has 1 fully saturated rings. The van der Waals surface area contributed by atoms with E-state index in [2.05, 4.69) is 10.6 Å². The zero-order valence-electron chi connectivity index (χ0n) is 13.7. The van der Waals surface area contributed by atoms with Crippen molar-refractivity contribution in [2.24, 2.45) is 5.41 Å². The lowest BCUT2D eigenvalue weighted by Gasteiger charge is -2.22. The van der Waals surface area contributed by atoms with E-state index >= 15 is 0 Å². The highest BCUT2D eigenvalue weighted by molar-refractivity contribution is 5.97. The van der Waals surface area contributed by atoms with Gasteiger partial charge in [0.1, 0.15) is 0 Å². The molecule has 1 aromatic rings. The molecule has 1 aromatic carbocycles. The fraction of sp³-hybridized carbons (Fsp3) is 0.556. The van der Waals surface area contributed by atoms with Crippen LogP contribution in [0.3, 0.4) is 0 Å². The molecule has 4 heteroatoms. The maximum Gasteiger partial charge on any atom is 0.251 e. The molecule has 4 nitrogen and oxygen atoms in total. The molecule has 1 aliphatic carbocycles. The fourth-order valence-corrected chi connectivity index (χ4v) is 2.54. The molecule has 22 heavy (non-hydrogen) atoms. The third-order valence-electron chi connectivity index (χ3n) is 4.03. The number of benzene rings is 1. The Morgan fingerprint density at radius 2 is 1.59 bits per heavy atom. The van der Waals surface area contributed by atoms with Crippen LogP contribution in [-0.4, -0.2) is 17.9 Å². The Morgan fingerprint density at radius 1 is 1.00 bits per heavy atom. The van der Waals surface area contributed by atoms with Gasteiger partial charge in [0.15, 0.2) is 0 Å². The fourth-order valence-electron chi connectivity index (χ4n) is 2.54. The van der Waals surface area contributed by atoms with Gasteiger partial charge < -0.3 is 10.6 Å². The van der Waals surface area contributed by atoms with Gasteiger partial charge in [0.05, 0.1) is 0 Å². The van der Waals surface area contributed by atoms with Crippen LogP contribution in [0.4, 0.5) is 5.69 Å². The van der Waals surface area contributed by atoms with E-state index < -0.39 is 5.41 Å². The Hall–Kier alpha value is -1.84. The lowest BCUT2D eigenvalue weighted by molar-refractivity contribution is -0.123. The lowest BCUT2D eigenvalue weighted by atomic mass is 9.95. The average molecular weight is 302 g/mol. The Balaban J connectivity index is 1.93. The van der Waals surface area contributed by atoms with Crippen molar-refractivity contribution in [3.8, 4) is 0 Å². The minimum atomic E-state index is -0.434. The van der Waals surface area contributed by atoms with Gasteiger partial charge in [0.25, 0.3) is 5.91 Å². The topological polar surface area (TPSA) is 58.2 Å². The summed E-state index contributed by atoms with van der Waals surface area (Å²) in [6, 6.07) is 7.38. The molecule has 0 heterocycles. The number of carbonyl (C=O) groups excluding carboxylic acids is 2. The molecule has 0 radical (unpaired) electrons. The minimum Gasteiger partial charge on any atom is -0.349 e. The SMILES string of the molecule is CC(C)(C)C(=O)Nc1ccc(C(=O)NC2CCCCC2)cc1. The molecule has 0 aliphatic heterocycles. The van der Waals surface area contributed by atoms with Gasteiger partial charge in [0.2, 0.25) is 5.91 Å². The van der Waals surface area contributed by atoms with Crippen LogP contribution in [-0.2, 0) is 4.79 Å². The van der Waals surface area contributed by atoms with Crippen LogP contribution in [0.25, 0.3) is 0 Å². The Labute approximate surface area is 132 Å². The maximum absolute atomic E-state index is 12.2. The predicted octanol–water partition coefficient (Wildman–Crippen LogP) is 3.73. The third-order valence-corrected chi connectivity index (χ3v) is 4.03. The molecule has 0 aromatic heterocycles. The molecule has 2 rings (SSSR count). The number of carbonyl (C=O) groups is 2. The molecular weight excluding hydrogens is 276 g/mol. The first-order chi connectivity index (χ1) is 10.4. The quantitative estimate of drug-likeness (QED) is 0.893. The molecule has 120 valence electrons. The predicted molar refractivity (Wildman–Crippen MR) is 88.9 cm³/mol. The molecule has 0 atom stereocenters. The maximum atomic E-state index is 12.2. The normalized spacial score (nSPS) is 16.1. The van der Waals surface area contributed by atoms with E-state index in [1.807, 2.05) is 20.8 Å². The summed E-state index contributed by atoms with van der Waals surface area (Å²) in [7, 11) is 0. The van der Waals surface area contributed by atoms with E-state index in [9.17, 15) is 9.59 Å². The van der Waals surface area contributed by atoms with Crippen LogP contribution in [0.15, 0.2) is 24.3 Å². The number of amides is 2. The minimum absolute atomic E-state index is 0.0272. The molecule has 1 aliphatic rings. The summed E-state index contributed by atoms with van der Waals surface area (Å²) >= 11 is 0. The molecule has 2 N–H and O–H groups in total. The first kappa shape index (κ1) is 16.5. The van der Waals surface area contributed by atoms with E-state index in [1.54, 1.807) is 24.3 Å². The number of hydrogen-bond donors (Lipinski definition) is 2. The Bertz CT molecular complexity index is 523. The molecule has 0 bridgehead atoms. The van der Waals surface area contributed by atoms with Crippen molar-refractivity contribution in [3.05, 3.63) is 29.8 Å². The number of rotatable bonds is 3. The first-order valence-corrected chi connectivity index (χ1v) is 8.08. The van der Waals surface area contributed by atoms with Gasteiger partial charge in [-0.1, -0.05) is 40.0 Å². The summed E-state index contributed by atoms with van der Waals surface area (Å²) < 4.78 is 0. The molecule has 0 spiro atoms. The van der Waals surface area contributed by atoms with Crippen molar-refractivity contribution in [2.75, 3.05) is 5.32 Å². The molecule has 2 amide bonds. The Morgan fingerprint density at radius 3 is 2.14 bits per heavy atom. The van der Waals surface area contributed by atoms with Crippen LogP contribution in [0.5, 0.6) is 0 Å². The largest absolute Gasteiger partial charge is 0.349 e. The van der Waals surface area contributed by atoms with Gasteiger partial charge in [-0.05, 0) is 37.1 Å². The average Bonchev–Trinajstić information content (AvgIpc) is 2.48. The van der Waals surface area contributed by atoms with E-state index in [1.165, 1.54) is 19.3 Å². The van der Waals surface area contributed by atoms with Gasteiger partial charge in [0, 0.05) is 22.7 Å². The highest BCUT2D eigenvalue weighted by atomic mass is 16.2. The Kier molecular flexibility index (Phi) is 5.22. The summed E-state index contributed by atoms with van der Waals surface area (Å²) in [5.74, 6) is -0.0625. The second kappa shape index (κ2) is 6.95. The van der Waals surface area contributed by atoms with Crippen molar-refractivity contribution in [1.82, 2.24) is 5.32 Å². The summed E-state index contributed by atoms with van der Waals surface area (Å²) in [4.78, 5) is 24.1. The lowest BCUT2D eigenvalue weighted by Crippen LogP contribution is -2.36. The summed E-state index contributed by atoms with van der Waals surface area (Å²) in [6.45, 7) is 5.61. The zero-order valence-corrected chi connectivity index (χ0v) is 13.7. The van der Waals surface area contributed by atoms with E-state index in [0.717, 1.165) is 12.8 Å². The third kappa shape index (κ3) is 4.58. The van der Waals surface area contributed by atoms with Gasteiger partial charge in [-0.2, -0.15) is 0 Å². The molecule has 1 saturated carbocycles. The summed E-state index contributed by atoms with van der Waals surface area (Å²) in [5, 5.41) is 5.95. The van der Waals surface area contributed by atoms with Gasteiger partial charge in [-0.15, -0.1) is 0 Å². The van der Waals surface area contributed by atoms with E-state index in [4.69, 9.17) is 0 Å². The van der Waals surface area contributed by atoms with E-state index in [0.29, 0.717) is 17.3 Å².